The smallest absolute Gasteiger partial charge is 0.164 e. The Morgan fingerprint density at radius 3 is 2.64 bits per heavy atom. The van der Waals surface area contributed by atoms with Crippen LogP contribution in [0.1, 0.15) is 11.5 Å². The van der Waals surface area contributed by atoms with Crippen LogP contribution < -0.4 is 9.64 Å². The molecule has 0 saturated heterocycles. The van der Waals surface area contributed by atoms with Crippen LogP contribution in [-0.2, 0) is 13.1 Å². The molecule has 4 aromatic rings. The summed E-state index contributed by atoms with van der Waals surface area (Å²) in [6.07, 6.45) is 0. The van der Waals surface area contributed by atoms with Gasteiger partial charge in [0.2, 0.25) is 0 Å². The molecule has 0 N–H and O–H groups in total. The van der Waals surface area contributed by atoms with Gasteiger partial charge in [-0.25, -0.2) is 4.98 Å². The van der Waals surface area contributed by atoms with E-state index in [1.54, 1.807) is 7.11 Å². The molecule has 6 nitrogen and oxygen atoms in total. The van der Waals surface area contributed by atoms with E-state index >= 15 is 0 Å². The van der Waals surface area contributed by atoms with E-state index in [2.05, 4.69) is 43.9 Å². The molecular formula is C22H21N5O. The third kappa shape index (κ3) is 2.69. The average molecular weight is 371 g/mol. The van der Waals surface area contributed by atoms with Crippen molar-refractivity contribution in [2.24, 2.45) is 0 Å². The Kier molecular flexibility index (Phi) is 3.97. The molecule has 0 aliphatic carbocycles. The molecule has 28 heavy (non-hydrogen) atoms. The van der Waals surface area contributed by atoms with Crippen LogP contribution in [0.5, 0.6) is 5.75 Å². The fraction of sp³-hybridized carbons (Fsp3) is 0.227. The zero-order chi connectivity index (χ0) is 19.1. The molecule has 1 aliphatic rings. The number of ether oxygens (including phenoxy) is 1. The molecule has 0 fully saturated rings. The lowest BCUT2D eigenvalue weighted by atomic mass is 10.1. The highest BCUT2D eigenvalue weighted by Crippen LogP contribution is 2.34. The summed E-state index contributed by atoms with van der Waals surface area (Å²) < 4.78 is 7.75. The maximum Gasteiger partial charge on any atom is 0.164 e. The summed E-state index contributed by atoms with van der Waals surface area (Å²) in [4.78, 5) is 7.06. The molecular weight excluding hydrogens is 350 g/mol. The molecule has 0 radical (unpaired) electrons. The van der Waals surface area contributed by atoms with Crippen molar-refractivity contribution in [2.75, 3.05) is 18.6 Å². The topological polar surface area (TPSA) is 56.1 Å². The summed E-state index contributed by atoms with van der Waals surface area (Å²) in [6.45, 7) is 4.48. The summed E-state index contributed by atoms with van der Waals surface area (Å²) in [5.74, 6) is 2.72. The number of pyridine rings is 1. The van der Waals surface area contributed by atoms with Crippen LogP contribution in [0.4, 0.5) is 5.69 Å². The molecule has 0 atom stereocenters. The van der Waals surface area contributed by atoms with E-state index in [0.717, 1.165) is 64.9 Å². The van der Waals surface area contributed by atoms with E-state index in [0.29, 0.717) is 0 Å². The van der Waals surface area contributed by atoms with Crippen LogP contribution in [0.2, 0.25) is 0 Å². The predicted molar refractivity (Wildman–Crippen MR) is 110 cm³/mol. The summed E-state index contributed by atoms with van der Waals surface area (Å²) in [7, 11) is 1.69. The van der Waals surface area contributed by atoms with E-state index in [4.69, 9.17) is 9.72 Å². The number of methoxy groups -OCH3 is 1. The minimum absolute atomic E-state index is 0.718. The predicted octanol–water partition coefficient (Wildman–Crippen LogP) is 3.83. The van der Waals surface area contributed by atoms with Gasteiger partial charge in [0.1, 0.15) is 11.3 Å². The molecule has 1 aliphatic heterocycles. The van der Waals surface area contributed by atoms with E-state index < -0.39 is 0 Å². The summed E-state index contributed by atoms with van der Waals surface area (Å²) in [5, 5.41) is 10.0. The van der Waals surface area contributed by atoms with Crippen molar-refractivity contribution in [1.29, 1.82) is 0 Å². The SMILES string of the molecule is COc1cccc2c(N3CCn4c(nnc4-c4ccccc4)C3)cc(C)nc12. The van der Waals surface area contributed by atoms with E-state index in [9.17, 15) is 0 Å². The van der Waals surface area contributed by atoms with Crippen molar-refractivity contribution in [3.63, 3.8) is 0 Å². The molecule has 0 amide bonds. The first-order chi connectivity index (χ1) is 13.7. The summed E-state index contributed by atoms with van der Waals surface area (Å²) in [5.41, 5.74) is 4.14. The van der Waals surface area contributed by atoms with Gasteiger partial charge in [-0.15, -0.1) is 10.2 Å². The zero-order valence-electron chi connectivity index (χ0n) is 16.0. The second-order valence-electron chi connectivity index (χ2n) is 7.02. The number of hydrogen-bond acceptors (Lipinski definition) is 5. The first-order valence-electron chi connectivity index (χ1n) is 9.41. The van der Waals surface area contributed by atoms with Crippen molar-refractivity contribution in [2.45, 2.75) is 20.0 Å². The van der Waals surface area contributed by atoms with Crippen LogP contribution in [0.15, 0.2) is 54.6 Å². The maximum atomic E-state index is 5.53. The van der Waals surface area contributed by atoms with Crippen LogP contribution in [0, 0.1) is 6.92 Å². The van der Waals surface area contributed by atoms with Crippen molar-refractivity contribution in [1.82, 2.24) is 19.7 Å². The number of rotatable bonds is 3. The van der Waals surface area contributed by atoms with Gasteiger partial charge < -0.3 is 14.2 Å². The molecule has 3 heterocycles. The van der Waals surface area contributed by atoms with Crippen molar-refractivity contribution >= 4 is 16.6 Å². The van der Waals surface area contributed by atoms with E-state index in [-0.39, 0.29) is 0 Å². The molecule has 0 unspecified atom stereocenters. The lowest BCUT2D eigenvalue weighted by Gasteiger charge is -2.31. The Morgan fingerprint density at radius 2 is 1.82 bits per heavy atom. The highest BCUT2D eigenvalue weighted by atomic mass is 16.5. The van der Waals surface area contributed by atoms with Gasteiger partial charge in [0.15, 0.2) is 11.6 Å². The number of benzene rings is 2. The Bertz CT molecular complexity index is 1150. The molecule has 2 aromatic heterocycles. The first kappa shape index (κ1) is 16.7. The quantitative estimate of drug-likeness (QED) is 0.548. The lowest BCUT2D eigenvalue weighted by Crippen LogP contribution is -2.34. The lowest BCUT2D eigenvalue weighted by molar-refractivity contribution is 0.419. The Balaban J connectivity index is 1.55. The molecule has 2 aromatic carbocycles. The fourth-order valence-electron chi connectivity index (χ4n) is 3.92. The van der Waals surface area contributed by atoms with Gasteiger partial charge in [-0.05, 0) is 19.1 Å². The summed E-state index contributed by atoms with van der Waals surface area (Å²) >= 11 is 0. The highest BCUT2D eigenvalue weighted by molar-refractivity contribution is 5.95. The van der Waals surface area contributed by atoms with E-state index in [1.807, 2.05) is 37.3 Å². The average Bonchev–Trinajstić information content (AvgIpc) is 3.16. The van der Waals surface area contributed by atoms with Crippen LogP contribution in [0.25, 0.3) is 22.3 Å². The Hall–Kier alpha value is -3.41. The molecule has 140 valence electrons. The number of fused-ring (bicyclic) bond motifs is 2. The molecule has 0 bridgehead atoms. The first-order valence-corrected chi connectivity index (χ1v) is 9.41. The molecule has 0 spiro atoms. The largest absolute Gasteiger partial charge is 0.494 e. The van der Waals surface area contributed by atoms with Crippen LogP contribution in [0.3, 0.4) is 0 Å². The number of anilines is 1. The van der Waals surface area contributed by atoms with Crippen LogP contribution in [-0.4, -0.2) is 33.4 Å². The van der Waals surface area contributed by atoms with E-state index in [1.165, 1.54) is 0 Å². The fourth-order valence-corrected chi connectivity index (χ4v) is 3.92. The summed E-state index contributed by atoms with van der Waals surface area (Å²) in [6, 6.07) is 18.5. The minimum atomic E-state index is 0.718. The van der Waals surface area contributed by atoms with Crippen LogP contribution >= 0.6 is 0 Å². The molecule has 5 rings (SSSR count). The Morgan fingerprint density at radius 1 is 0.964 bits per heavy atom. The molecule has 6 heteroatoms. The van der Waals surface area contributed by atoms with Gasteiger partial charge in [-0.2, -0.15) is 0 Å². The van der Waals surface area contributed by atoms with Crippen molar-refractivity contribution in [3.8, 4) is 17.1 Å². The third-order valence-electron chi connectivity index (χ3n) is 5.25. The number of nitrogens with zero attached hydrogens (tertiary/aromatic N) is 5. The normalized spacial score (nSPS) is 13.6. The van der Waals surface area contributed by atoms with Gasteiger partial charge in [0, 0.05) is 35.4 Å². The number of para-hydroxylation sites is 1. The second-order valence-corrected chi connectivity index (χ2v) is 7.02. The zero-order valence-corrected chi connectivity index (χ0v) is 16.0. The Labute approximate surface area is 163 Å². The third-order valence-corrected chi connectivity index (χ3v) is 5.25. The van der Waals surface area contributed by atoms with Crippen molar-refractivity contribution in [3.05, 3.63) is 66.1 Å². The second kappa shape index (κ2) is 6.64. The molecule has 0 saturated carbocycles. The number of hydrogen-bond donors (Lipinski definition) is 0. The van der Waals surface area contributed by atoms with Gasteiger partial charge >= 0.3 is 0 Å². The van der Waals surface area contributed by atoms with Crippen molar-refractivity contribution < 1.29 is 4.74 Å². The van der Waals surface area contributed by atoms with Gasteiger partial charge in [-0.3, -0.25) is 0 Å². The van der Waals surface area contributed by atoms with Gasteiger partial charge in [-0.1, -0.05) is 42.5 Å². The highest BCUT2D eigenvalue weighted by Gasteiger charge is 2.24. The van der Waals surface area contributed by atoms with Gasteiger partial charge in [0.25, 0.3) is 0 Å². The standard InChI is InChI=1S/C22H21N5O/c1-15-13-18(17-9-6-10-19(28-2)21(17)23-15)26-11-12-27-20(14-26)24-25-22(27)16-7-4-3-5-8-16/h3-10,13H,11-12,14H2,1-2H3. The van der Waals surface area contributed by atoms with Gasteiger partial charge in [0.05, 0.1) is 13.7 Å². The maximum absolute atomic E-state index is 5.53. The minimum Gasteiger partial charge on any atom is -0.494 e. The number of aryl methyl sites for hydroxylation is 1. The monoisotopic (exact) mass is 371 g/mol. The number of aromatic nitrogens is 4.